The Kier molecular flexibility index (Phi) is 35.6. The van der Waals surface area contributed by atoms with E-state index in [0.29, 0.717) is 12.8 Å². The molecule has 0 rings (SSSR count). The number of unbranched alkanes of at least 4 members (excludes halogenated alkanes) is 16. The molecule has 0 aliphatic heterocycles. The fraction of sp³-hybridized carbons (Fsp3) is 0.738. The number of esters is 1. The number of phosphoric ester groups is 1. The second kappa shape index (κ2) is 37.4. The standard InChI is InChI=1S/C42H74NO10P/c1-3-5-7-9-11-13-15-16-17-18-19-20-21-22-24-26-28-30-32-34-41(46)51-35-38(44)36-52-54(49,50)53-37-39(42(47)48)43-40(45)33-31-29-27-25-23-14-12-10-8-6-4-2/h11,13,16-17,19-20,22,24,38-39,44H,3-10,12,14-15,18,21,23,25-37H2,1-2H3,(H,43,45)(H,47,48)(H,49,50)/b13-11-,17-16-,20-19-,24-22-. The Morgan fingerprint density at radius 1 is 0.593 bits per heavy atom. The van der Waals surface area contributed by atoms with Gasteiger partial charge in [0.15, 0.2) is 6.04 Å². The van der Waals surface area contributed by atoms with Gasteiger partial charge in [-0.1, -0.05) is 146 Å². The van der Waals surface area contributed by atoms with Crippen molar-refractivity contribution in [2.24, 2.45) is 0 Å². The van der Waals surface area contributed by atoms with Crippen molar-refractivity contribution in [2.75, 3.05) is 19.8 Å². The Balaban J connectivity index is 3.97. The summed E-state index contributed by atoms with van der Waals surface area (Å²) in [6, 6.07) is -1.55. The number of carbonyl (C=O) groups excluding carboxylic acids is 2. The van der Waals surface area contributed by atoms with Crippen molar-refractivity contribution in [3.63, 3.8) is 0 Å². The van der Waals surface area contributed by atoms with Crippen LogP contribution in [0.1, 0.15) is 168 Å². The molecule has 4 N–H and O–H groups in total. The fourth-order valence-corrected chi connectivity index (χ4v) is 6.13. The lowest BCUT2D eigenvalue weighted by atomic mass is 10.1. The first-order valence-corrected chi connectivity index (χ1v) is 22.2. The van der Waals surface area contributed by atoms with Gasteiger partial charge in [-0.15, -0.1) is 0 Å². The van der Waals surface area contributed by atoms with Crippen LogP contribution in [0.3, 0.4) is 0 Å². The second-order valence-corrected chi connectivity index (χ2v) is 15.3. The van der Waals surface area contributed by atoms with Gasteiger partial charge in [-0.2, -0.15) is 0 Å². The number of hydrogen-bond donors (Lipinski definition) is 4. The lowest BCUT2D eigenvalue weighted by Crippen LogP contribution is -2.43. The number of hydrogen-bond acceptors (Lipinski definition) is 8. The van der Waals surface area contributed by atoms with Crippen molar-refractivity contribution in [3.8, 4) is 0 Å². The SMILES string of the molecule is CCCCC/C=C\C/C=C\C/C=C\C/C=C\CCCCCC(=O)OCC(O)COP(=O)(O)OCC(NC(=O)CCCCCCCCCCCCC)C(=O)O. The van der Waals surface area contributed by atoms with E-state index in [2.05, 4.69) is 67.8 Å². The lowest BCUT2D eigenvalue weighted by Gasteiger charge is -2.18. The van der Waals surface area contributed by atoms with Crippen LogP contribution < -0.4 is 5.32 Å². The predicted molar refractivity (Wildman–Crippen MR) is 217 cm³/mol. The molecule has 54 heavy (non-hydrogen) atoms. The average Bonchev–Trinajstić information content (AvgIpc) is 3.14. The van der Waals surface area contributed by atoms with Crippen LogP contribution in [0.4, 0.5) is 0 Å². The minimum absolute atomic E-state index is 0.144. The van der Waals surface area contributed by atoms with Gasteiger partial charge in [-0.25, -0.2) is 9.36 Å². The topological polar surface area (TPSA) is 169 Å². The number of carboxylic acid groups (broad SMARTS) is 1. The highest BCUT2D eigenvalue weighted by molar-refractivity contribution is 7.47. The van der Waals surface area contributed by atoms with Crippen molar-refractivity contribution in [2.45, 2.75) is 180 Å². The zero-order valence-electron chi connectivity index (χ0n) is 33.5. The fourth-order valence-electron chi connectivity index (χ4n) is 5.36. The second-order valence-electron chi connectivity index (χ2n) is 13.8. The molecule has 0 aromatic rings. The molecular formula is C42H74NO10P. The smallest absolute Gasteiger partial charge is 0.472 e. The molecule has 0 aromatic carbocycles. The van der Waals surface area contributed by atoms with Crippen LogP contribution in [0.2, 0.25) is 0 Å². The molecule has 312 valence electrons. The highest BCUT2D eigenvalue weighted by Gasteiger charge is 2.28. The normalized spacial score (nSPS) is 14.3. The number of ether oxygens (including phenoxy) is 1. The Morgan fingerprint density at radius 2 is 1.02 bits per heavy atom. The third-order valence-electron chi connectivity index (χ3n) is 8.62. The molecule has 11 nitrogen and oxygen atoms in total. The van der Waals surface area contributed by atoms with E-state index in [4.69, 9.17) is 13.8 Å². The minimum Gasteiger partial charge on any atom is -0.480 e. The van der Waals surface area contributed by atoms with Crippen LogP contribution in [-0.4, -0.2) is 64.9 Å². The zero-order valence-corrected chi connectivity index (χ0v) is 34.4. The summed E-state index contributed by atoms with van der Waals surface area (Å²) < 4.78 is 26.7. The summed E-state index contributed by atoms with van der Waals surface area (Å²) in [4.78, 5) is 45.7. The van der Waals surface area contributed by atoms with Gasteiger partial charge in [0.1, 0.15) is 12.7 Å². The summed E-state index contributed by atoms with van der Waals surface area (Å²) in [6.45, 7) is 2.50. The van der Waals surface area contributed by atoms with Crippen LogP contribution in [0.5, 0.6) is 0 Å². The molecule has 0 aliphatic carbocycles. The predicted octanol–water partition coefficient (Wildman–Crippen LogP) is 10.2. The molecule has 12 heteroatoms. The summed E-state index contributed by atoms with van der Waals surface area (Å²) >= 11 is 0. The Hall–Kier alpha value is -2.56. The number of nitrogens with one attached hydrogen (secondary N) is 1. The Bertz CT molecular complexity index is 1110. The number of aliphatic carboxylic acids is 1. The van der Waals surface area contributed by atoms with Crippen LogP contribution in [0, 0.1) is 0 Å². The molecule has 0 fully saturated rings. The van der Waals surface area contributed by atoms with E-state index >= 15 is 0 Å². The quantitative estimate of drug-likeness (QED) is 0.0205. The number of phosphoric acid groups is 1. The summed E-state index contributed by atoms with van der Waals surface area (Å²) in [5, 5.41) is 21.7. The molecule has 0 saturated heterocycles. The lowest BCUT2D eigenvalue weighted by molar-refractivity contribution is -0.147. The maximum Gasteiger partial charge on any atom is 0.472 e. The van der Waals surface area contributed by atoms with Gasteiger partial charge >= 0.3 is 19.8 Å². The number of allylic oxidation sites excluding steroid dienone is 8. The van der Waals surface area contributed by atoms with Gasteiger partial charge in [0.05, 0.1) is 13.2 Å². The first-order valence-electron chi connectivity index (χ1n) is 20.7. The molecule has 0 aliphatic rings. The summed E-state index contributed by atoms with van der Waals surface area (Å²) in [5.74, 6) is -2.41. The van der Waals surface area contributed by atoms with Gasteiger partial charge in [0.2, 0.25) is 5.91 Å². The zero-order chi connectivity index (χ0) is 40.0. The molecule has 0 bridgehead atoms. The molecule has 0 aromatic heterocycles. The van der Waals surface area contributed by atoms with Gasteiger partial charge in [-0.05, 0) is 57.8 Å². The summed E-state index contributed by atoms with van der Waals surface area (Å²) in [6.07, 6.45) is 40.0. The first-order chi connectivity index (χ1) is 26.1. The van der Waals surface area contributed by atoms with Gasteiger partial charge in [0.25, 0.3) is 0 Å². The van der Waals surface area contributed by atoms with Crippen molar-refractivity contribution >= 4 is 25.7 Å². The number of amides is 1. The molecule has 3 unspecified atom stereocenters. The first kappa shape index (κ1) is 51.4. The van der Waals surface area contributed by atoms with Crippen molar-refractivity contribution in [3.05, 3.63) is 48.6 Å². The largest absolute Gasteiger partial charge is 0.480 e. The summed E-state index contributed by atoms with van der Waals surface area (Å²) in [5.41, 5.74) is 0. The number of carbonyl (C=O) groups is 3. The van der Waals surface area contributed by atoms with Gasteiger partial charge < -0.3 is 25.2 Å². The highest BCUT2D eigenvalue weighted by Crippen LogP contribution is 2.43. The van der Waals surface area contributed by atoms with Crippen LogP contribution >= 0.6 is 7.82 Å². The Labute approximate surface area is 326 Å². The Morgan fingerprint density at radius 3 is 1.56 bits per heavy atom. The molecule has 0 spiro atoms. The van der Waals surface area contributed by atoms with E-state index in [1.807, 2.05) is 0 Å². The third-order valence-corrected chi connectivity index (χ3v) is 9.57. The maximum absolute atomic E-state index is 12.2. The molecule has 0 radical (unpaired) electrons. The van der Waals surface area contributed by atoms with E-state index < -0.39 is 57.6 Å². The van der Waals surface area contributed by atoms with Crippen LogP contribution in [-0.2, 0) is 32.7 Å². The number of carboxylic acids is 1. The van der Waals surface area contributed by atoms with E-state index in [9.17, 15) is 34.1 Å². The molecular weight excluding hydrogens is 709 g/mol. The average molecular weight is 784 g/mol. The number of aliphatic hydroxyl groups excluding tert-OH is 1. The summed E-state index contributed by atoms with van der Waals surface area (Å²) in [7, 11) is -4.76. The van der Waals surface area contributed by atoms with Crippen LogP contribution in [0.25, 0.3) is 0 Å². The third kappa shape index (κ3) is 36.4. The monoisotopic (exact) mass is 784 g/mol. The molecule has 1 amide bonds. The van der Waals surface area contributed by atoms with Crippen molar-refractivity contribution in [1.82, 2.24) is 5.32 Å². The highest BCUT2D eigenvalue weighted by atomic mass is 31.2. The van der Waals surface area contributed by atoms with Crippen LogP contribution in [0.15, 0.2) is 48.6 Å². The number of rotatable bonds is 38. The van der Waals surface area contributed by atoms with Crippen molar-refractivity contribution < 1.29 is 47.8 Å². The van der Waals surface area contributed by atoms with Gasteiger partial charge in [-0.3, -0.25) is 18.6 Å². The molecule has 0 heterocycles. The van der Waals surface area contributed by atoms with E-state index in [1.54, 1.807) is 0 Å². The van der Waals surface area contributed by atoms with E-state index in [-0.39, 0.29) is 12.8 Å². The van der Waals surface area contributed by atoms with E-state index in [0.717, 1.165) is 57.8 Å². The van der Waals surface area contributed by atoms with Gasteiger partial charge in [0, 0.05) is 12.8 Å². The number of aliphatic hydroxyl groups is 1. The molecule has 3 atom stereocenters. The minimum atomic E-state index is -4.76. The van der Waals surface area contributed by atoms with Crippen molar-refractivity contribution in [1.29, 1.82) is 0 Å². The van der Waals surface area contributed by atoms with E-state index in [1.165, 1.54) is 70.6 Å². The molecule has 0 saturated carbocycles. The maximum atomic E-state index is 12.2.